The van der Waals surface area contributed by atoms with Crippen molar-refractivity contribution in [1.29, 1.82) is 0 Å². The minimum atomic E-state index is -3.88. The van der Waals surface area contributed by atoms with E-state index in [0.29, 0.717) is 40.5 Å². The molecule has 146 valence electrons. The van der Waals surface area contributed by atoms with Crippen LogP contribution < -0.4 is 9.03 Å². The van der Waals surface area contributed by atoms with E-state index in [4.69, 9.17) is 11.6 Å². The molecule has 0 aromatic heterocycles. The third-order valence-electron chi connectivity index (χ3n) is 4.47. The van der Waals surface area contributed by atoms with Crippen molar-refractivity contribution in [3.8, 4) is 0 Å². The Morgan fingerprint density at radius 2 is 1.70 bits per heavy atom. The molecule has 2 aromatic rings. The molecule has 0 atom stereocenters. The number of para-hydroxylation sites is 1. The maximum Gasteiger partial charge on any atom is 0.262 e. The molecular weight excluding hydrogens is 408 g/mol. The Morgan fingerprint density at radius 3 is 2.30 bits per heavy atom. The van der Waals surface area contributed by atoms with Gasteiger partial charge in [-0.2, -0.15) is 0 Å². The number of rotatable bonds is 4. The Labute approximate surface area is 165 Å². The monoisotopic (exact) mass is 428 g/mol. The summed E-state index contributed by atoms with van der Waals surface area (Å²) in [6.45, 7) is 3.73. The molecule has 0 bridgehead atoms. The Hall–Kier alpha value is -1.77. The summed E-state index contributed by atoms with van der Waals surface area (Å²) >= 11 is 6.06. The number of sulfonamides is 2. The predicted molar refractivity (Wildman–Crippen MR) is 109 cm³/mol. The number of halogens is 1. The zero-order chi connectivity index (χ0) is 19.8. The zero-order valence-electron chi connectivity index (χ0n) is 15.1. The number of aryl methyl sites for hydroxylation is 2. The highest BCUT2D eigenvalue weighted by Crippen LogP contribution is 2.32. The minimum Gasteiger partial charge on any atom is -0.278 e. The molecule has 2 aromatic carbocycles. The fourth-order valence-electron chi connectivity index (χ4n) is 3.31. The molecule has 0 unspecified atom stereocenters. The second kappa shape index (κ2) is 7.33. The van der Waals surface area contributed by atoms with Gasteiger partial charge in [-0.25, -0.2) is 16.8 Å². The van der Waals surface area contributed by atoms with Crippen molar-refractivity contribution in [2.24, 2.45) is 0 Å². The van der Waals surface area contributed by atoms with Gasteiger partial charge in [0.2, 0.25) is 10.0 Å². The van der Waals surface area contributed by atoms with Gasteiger partial charge in [0.15, 0.2) is 0 Å². The van der Waals surface area contributed by atoms with Gasteiger partial charge in [-0.15, -0.1) is 0 Å². The van der Waals surface area contributed by atoms with Crippen LogP contribution in [0.2, 0.25) is 5.02 Å². The maximum atomic E-state index is 12.9. The molecule has 1 N–H and O–H groups in total. The maximum absolute atomic E-state index is 12.9. The highest BCUT2D eigenvalue weighted by atomic mass is 35.5. The smallest absolute Gasteiger partial charge is 0.262 e. The molecule has 6 nitrogen and oxygen atoms in total. The van der Waals surface area contributed by atoms with Crippen molar-refractivity contribution in [3.05, 3.63) is 52.5 Å². The summed E-state index contributed by atoms with van der Waals surface area (Å²) in [7, 11) is -7.24. The molecule has 1 heterocycles. The normalized spacial score (nSPS) is 16.9. The largest absolute Gasteiger partial charge is 0.278 e. The zero-order valence-corrected chi connectivity index (χ0v) is 17.5. The number of nitrogens with one attached hydrogen (secondary N) is 1. The molecule has 1 saturated heterocycles. The van der Waals surface area contributed by atoms with Gasteiger partial charge in [0, 0.05) is 6.54 Å². The van der Waals surface area contributed by atoms with E-state index in [2.05, 4.69) is 4.72 Å². The van der Waals surface area contributed by atoms with Crippen molar-refractivity contribution in [2.75, 3.05) is 21.3 Å². The molecule has 0 amide bonds. The molecule has 27 heavy (non-hydrogen) atoms. The minimum absolute atomic E-state index is 0.110. The summed E-state index contributed by atoms with van der Waals surface area (Å²) in [4.78, 5) is 0.126. The fourth-order valence-corrected chi connectivity index (χ4v) is 6.71. The highest BCUT2D eigenvalue weighted by Gasteiger charge is 2.28. The van der Waals surface area contributed by atoms with Crippen LogP contribution in [0, 0.1) is 13.8 Å². The molecule has 1 aliphatic heterocycles. The van der Waals surface area contributed by atoms with Crippen LogP contribution in [0.15, 0.2) is 41.3 Å². The first-order valence-electron chi connectivity index (χ1n) is 8.51. The third-order valence-corrected chi connectivity index (χ3v) is 8.34. The second-order valence-corrected chi connectivity index (χ2v) is 10.6. The van der Waals surface area contributed by atoms with E-state index < -0.39 is 20.0 Å². The van der Waals surface area contributed by atoms with E-state index in [-0.39, 0.29) is 10.6 Å². The highest BCUT2D eigenvalue weighted by molar-refractivity contribution is 7.93. The average molecular weight is 429 g/mol. The van der Waals surface area contributed by atoms with Gasteiger partial charge in [0.1, 0.15) is 0 Å². The lowest BCUT2D eigenvalue weighted by Crippen LogP contribution is -2.38. The summed E-state index contributed by atoms with van der Waals surface area (Å²) < 4.78 is 54.4. The quantitative estimate of drug-likeness (QED) is 0.804. The SMILES string of the molecule is Cc1cc(N2CCCCS2(=O)=O)cc(C)c1S(=O)(=O)Nc1ccccc1Cl. The van der Waals surface area contributed by atoms with Crippen molar-refractivity contribution in [1.82, 2.24) is 0 Å². The summed E-state index contributed by atoms with van der Waals surface area (Å²) in [5.74, 6) is 0.110. The Bertz CT molecular complexity index is 1060. The molecule has 0 spiro atoms. The number of benzene rings is 2. The summed E-state index contributed by atoms with van der Waals surface area (Å²) in [5.41, 5.74) is 1.75. The summed E-state index contributed by atoms with van der Waals surface area (Å²) in [6, 6.07) is 9.80. The van der Waals surface area contributed by atoms with Gasteiger partial charge in [-0.1, -0.05) is 23.7 Å². The van der Waals surface area contributed by atoms with Crippen LogP contribution in [-0.2, 0) is 20.0 Å². The van der Waals surface area contributed by atoms with Gasteiger partial charge < -0.3 is 0 Å². The van der Waals surface area contributed by atoms with E-state index in [1.807, 2.05) is 0 Å². The number of hydrogen-bond donors (Lipinski definition) is 1. The van der Waals surface area contributed by atoms with Crippen molar-refractivity contribution in [3.63, 3.8) is 0 Å². The van der Waals surface area contributed by atoms with Crippen LogP contribution >= 0.6 is 11.6 Å². The van der Waals surface area contributed by atoms with Crippen LogP contribution in [0.25, 0.3) is 0 Å². The van der Waals surface area contributed by atoms with Crippen LogP contribution in [0.4, 0.5) is 11.4 Å². The second-order valence-electron chi connectivity index (χ2n) is 6.59. The third kappa shape index (κ3) is 4.07. The van der Waals surface area contributed by atoms with Crippen molar-refractivity contribution in [2.45, 2.75) is 31.6 Å². The van der Waals surface area contributed by atoms with Crippen LogP contribution in [-0.4, -0.2) is 29.1 Å². The lowest BCUT2D eigenvalue weighted by Gasteiger charge is -2.29. The standard InChI is InChI=1S/C18H21ClN2O4S2/c1-13-11-15(21-9-5-6-10-26(21,22)23)12-14(2)18(13)27(24,25)20-17-8-4-3-7-16(17)19/h3-4,7-8,11-12,20H,5-6,9-10H2,1-2H3. The lowest BCUT2D eigenvalue weighted by atomic mass is 10.1. The van der Waals surface area contributed by atoms with Crippen molar-refractivity contribution < 1.29 is 16.8 Å². The first-order chi connectivity index (χ1) is 12.6. The fraction of sp³-hybridized carbons (Fsp3) is 0.333. The van der Waals surface area contributed by atoms with E-state index in [0.717, 1.165) is 6.42 Å². The van der Waals surface area contributed by atoms with Gasteiger partial charge in [-0.05, 0) is 62.1 Å². The first kappa shape index (κ1) is 20.0. The predicted octanol–water partition coefficient (Wildman–Crippen LogP) is 3.69. The van der Waals surface area contributed by atoms with Gasteiger partial charge >= 0.3 is 0 Å². The molecule has 3 rings (SSSR count). The Balaban J connectivity index is 2.01. The number of nitrogens with zero attached hydrogens (tertiary/aromatic N) is 1. The number of hydrogen-bond acceptors (Lipinski definition) is 4. The molecule has 0 aliphatic carbocycles. The topological polar surface area (TPSA) is 83.6 Å². The average Bonchev–Trinajstić information content (AvgIpc) is 2.55. The molecule has 0 radical (unpaired) electrons. The van der Waals surface area contributed by atoms with Crippen LogP contribution in [0.5, 0.6) is 0 Å². The Morgan fingerprint density at radius 1 is 1.07 bits per heavy atom. The first-order valence-corrected chi connectivity index (χ1v) is 12.0. The molecule has 0 saturated carbocycles. The van der Waals surface area contributed by atoms with Gasteiger partial charge in [-0.3, -0.25) is 9.03 Å². The molecule has 1 aliphatic rings. The number of anilines is 2. The van der Waals surface area contributed by atoms with E-state index in [1.165, 1.54) is 4.31 Å². The molecular formula is C18H21ClN2O4S2. The molecule has 9 heteroatoms. The van der Waals surface area contributed by atoms with Crippen LogP contribution in [0.1, 0.15) is 24.0 Å². The summed E-state index contributed by atoms with van der Waals surface area (Å²) in [6.07, 6.45) is 1.43. The van der Waals surface area contributed by atoms with Gasteiger partial charge in [0.05, 0.1) is 27.0 Å². The van der Waals surface area contributed by atoms with Crippen molar-refractivity contribution >= 4 is 43.0 Å². The lowest BCUT2D eigenvalue weighted by molar-refractivity contribution is 0.574. The van der Waals surface area contributed by atoms with E-state index in [1.54, 1.807) is 50.2 Å². The molecule has 1 fully saturated rings. The van der Waals surface area contributed by atoms with Crippen LogP contribution in [0.3, 0.4) is 0 Å². The van der Waals surface area contributed by atoms with E-state index in [9.17, 15) is 16.8 Å². The van der Waals surface area contributed by atoms with E-state index >= 15 is 0 Å². The van der Waals surface area contributed by atoms with Gasteiger partial charge in [0.25, 0.3) is 10.0 Å². The Kier molecular flexibility index (Phi) is 5.42. The summed E-state index contributed by atoms with van der Waals surface area (Å²) in [5, 5.41) is 0.299.